The normalized spacial score (nSPS) is 11.6. The zero-order chi connectivity index (χ0) is 22.6. The summed E-state index contributed by atoms with van der Waals surface area (Å²) >= 11 is 17.9. The first-order valence-corrected chi connectivity index (χ1v) is 11.7. The van der Waals surface area contributed by atoms with Crippen LogP contribution in [0.5, 0.6) is 0 Å². The average Bonchev–Trinajstić information content (AvgIpc) is 3.14. The molecule has 0 saturated carbocycles. The number of sulfonamides is 1. The Morgan fingerprint density at radius 1 is 1.06 bits per heavy atom. The van der Waals surface area contributed by atoms with Crippen LogP contribution in [0.25, 0.3) is 11.3 Å². The van der Waals surface area contributed by atoms with Crippen molar-refractivity contribution in [1.29, 1.82) is 0 Å². The smallest absolute Gasteiger partial charge is 0.260 e. The number of halogens is 3. The summed E-state index contributed by atoms with van der Waals surface area (Å²) in [7, 11) is -3.70. The molecule has 0 bridgehead atoms. The van der Waals surface area contributed by atoms with Gasteiger partial charge >= 0.3 is 0 Å². The van der Waals surface area contributed by atoms with Crippen molar-refractivity contribution in [3.8, 4) is 11.3 Å². The number of hydrazone groups is 1. The number of anilines is 1. The van der Waals surface area contributed by atoms with Crippen molar-refractivity contribution in [3.63, 3.8) is 0 Å². The van der Waals surface area contributed by atoms with Crippen LogP contribution in [0.15, 0.2) is 64.1 Å². The Morgan fingerprint density at radius 2 is 1.74 bits per heavy atom. The number of hydrogen-bond acceptors (Lipinski definition) is 5. The topological polar surface area (TPSA) is 92.0 Å². The molecule has 0 radical (unpaired) electrons. The van der Waals surface area contributed by atoms with Gasteiger partial charge in [-0.05, 0) is 54.6 Å². The predicted molar refractivity (Wildman–Crippen MR) is 124 cm³/mol. The summed E-state index contributed by atoms with van der Waals surface area (Å²) in [5, 5.41) is 5.20. The second-order valence-corrected chi connectivity index (χ2v) is 9.55. The van der Waals surface area contributed by atoms with E-state index < -0.39 is 22.5 Å². The Labute approximate surface area is 194 Å². The largest absolute Gasteiger partial charge is 0.455 e. The minimum absolute atomic E-state index is 0.307. The zero-order valence-corrected chi connectivity index (χ0v) is 19.1. The summed E-state index contributed by atoms with van der Waals surface area (Å²) in [5.74, 6) is 0.226. The molecule has 0 aliphatic heterocycles. The molecule has 0 saturated heterocycles. The van der Waals surface area contributed by atoms with Gasteiger partial charge in [-0.2, -0.15) is 5.10 Å². The molecule has 3 aromatic rings. The molecule has 11 heteroatoms. The van der Waals surface area contributed by atoms with E-state index in [1.165, 1.54) is 30.5 Å². The third kappa shape index (κ3) is 6.24. The molecule has 7 nitrogen and oxygen atoms in total. The lowest BCUT2D eigenvalue weighted by atomic mass is 10.2. The summed E-state index contributed by atoms with van der Waals surface area (Å²) in [6, 6.07) is 14.4. The third-order valence-corrected chi connectivity index (χ3v) is 5.95. The maximum atomic E-state index is 12.2. The van der Waals surface area contributed by atoms with E-state index >= 15 is 0 Å². The van der Waals surface area contributed by atoms with Crippen molar-refractivity contribution in [2.24, 2.45) is 5.10 Å². The van der Waals surface area contributed by atoms with E-state index in [0.29, 0.717) is 37.8 Å². The average molecular weight is 501 g/mol. The van der Waals surface area contributed by atoms with Crippen LogP contribution in [0.1, 0.15) is 5.76 Å². The second kappa shape index (κ2) is 9.74. The van der Waals surface area contributed by atoms with Gasteiger partial charge in [-0.3, -0.25) is 9.10 Å². The fourth-order valence-electron chi connectivity index (χ4n) is 2.60. The van der Waals surface area contributed by atoms with E-state index in [0.717, 1.165) is 10.6 Å². The van der Waals surface area contributed by atoms with Crippen molar-refractivity contribution in [2.75, 3.05) is 17.1 Å². The number of furan rings is 1. The molecule has 0 aliphatic rings. The highest BCUT2D eigenvalue weighted by molar-refractivity contribution is 7.92. The molecular weight excluding hydrogens is 485 g/mol. The van der Waals surface area contributed by atoms with Crippen LogP contribution in [0.2, 0.25) is 15.1 Å². The minimum Gasteiger partial charge on any atom is -0.455 e. The van der Waals surface area contributed by atoms with Gasteiger partial charge < -0.3 is 4.42 Å². The maximum Gasteiger partial charge on any atom is 0.260 e. The molecule has 0 fully saturated rings. The molecule has 0 unspecified atom stereocenters. The van der Waals surface area contributed by atoms with Crippen LogP contribution in [0.3, 0.4) is 0 Å². The van der Waals surface area contributed by atoms with Gasteiger partial charge in [0.2, 0.25) is 10.0 Å². The molecular formula is C20H16Cl3N3O4S. The van der Waals surface area contributed by atoms with Crippen LogP contribution >= 0.6 is 34.8 Å². The molecule has 162 valence electrons. The number of rotatable bonds is 7. The highest BCUT2D eigenvalue weighted by Gasteiger charge is 2.20. The molecule has 0 spiro atoms. The molecule has 3 rings (SSSR count). The van der Waals surface area contributed by atoms with E-state index in [2.05, 4.69) is 10.5 Å². The first kappa shape index (κ1) is 23.1. The maximum absolute atomic E-state index is 12.2. The van der Waals surface area contributed by atoms with Crippen molar-refractivity contribution in [2.45, 2.75) is 0 Å². The van der Waals surface area contributed by atoms with Crippen LogP contribution in [-0.2, 0) is 14.8 Å². The number of carbonyl (C=O) groups is 1. The van der Waals surface area contributed by atoms with E-state index in [4.69, 9.17) is 39.2 Å². The molecule has 1 N–H and O–H groups in total. The van der Waals surface area contributed by atoms with Gasteiger partial charge in [-0.15, -0.1) is 0 Å². The van der Waals surface area contributed by atoms with Gasteiger partial charge in [-0.1, -0.05) is 34.8 Å². The number of carbonyl (C=O) groups excluding carboxylic acids is 1. The first-order chi connectivity index (χ1) is 14.6. The Balaban J connectivity index is 1.66. The summed E-state index contributed by atoms with van der Waals surface area (Å²) < 4.78 is 30.7. The number of benzene rings is 2. The molecule has 2 aromatic carbocycles. The Bertz CT molecular complexity index is 1220. The lowest BCUT2D eigenvalue weighted by Crippen LogP contribution is -2.38. The lowest BCUT2D eigenvalue weighted by molar-refractivity contribution is -0.119. The van der Waals surface area contributed by atoms with Gasteiger partial charge in [-0.25, -0.2) is 13.8 Å². The summed E-state index contributed by atoms with van der Waals surface area (Å²) in [6.45, 7) is -0.457. The van der Waals surface area contributed by atoms with Crippen molar-refractivity contribution in [1.82, 2.24) is 5.43 Å². The number of nitrogens with zero attached hydrogens (tertiary/aromatic N) is 2. The monoisotopic (exact) mass is 499 g/mol. The standard InChI is InChI=1S/C20H16Cl3N3O4S/c1-31(28,29)26(15-5-2-13(21)3-6-15)12-20(27)25-24-11-16-7-9-19(30-16)17-8-4-14(22)10-18(17)23/h2-11H,12H2,1H3,(H,25,27)/b24-11-. The fourth-order valence-corrected chi connectivity index (χ4v) is 4.08. The van der Waals surface area contributed by atoms with Gasteiger partial charge in [0.25, 0.3) is 5.91 Å². The lowest BCUT2D eigenvalue weighted by Gasteiger charge is -2.21. The fraction of sp³-hybridized carbons (Fsp3) is 0.100. The van der Waals surface area contributed by atoms with E-state index in [9.17, 15) is 13.2 Å². The van der Waals surface area contributed by atoms with Crippen molar-refractivity contribution < 1.29 is 17.6 Å². The van der Waals surface area contributed by atoms with E-state index in [1.54, 1.807) is 30.3 Å². The Morgan fingerprint density at radius 3 is 2.39 bits per heavy atom. The van der Waals surface area contributed by atoms with Crippen molar-refractivity contribution in [3.05, 3.63) is 75.4 Å². The van der Waals surface area contributed by atoms with Gasteiger partial charge in [0.15, 0.2) is 0 Å². The number of amides is 1. The number of nitrogens with one attached hydrogen (secondary N) is 1. The highest BCUT2D eigenvalue weighted by Crippen LogP contribution is 2.31. The predicted octanol–water partition coefficient (Wildman–Crippen LogP) is 4.82. The molecule has 1 heterocycles. The second-order valence-electron chi connectivity index (χ2n) is 6.37. The quantitative estimate of drug-likeness (QED) is 0.372. The minimum atomic E-state index is -3.70. The molecule has 31 heavy (non-hydrogen) atoms. The van der Waals surface area contributed by atoms with Crippen LogP contribution in [0.4, 0.5) is 5.69 Å². The molecule has 1 aromatic heterocycles. The zero-order valence-electron chi connectivity index (χ0n) is 16.1. The summed E-state index contributed by atoms with van der Waals surface area (Å²) in [6.07, 6.45) is 2.29. The van der Waals surface area contributed by atoms with Crippen LogP contribution < -0.4 is 9.73 Å². The van der Waals surface area contributed by atoms with Crippen LogP contribution in [0, 0.1) is 0 Å². The van der Waals surface area contributed by atoms with E-state index in [1.807, 2.05) is 0 Å². The Hall–Kier alpha value is -2.52. The first-order valence-electron chi connectivity index (χ1n) is 8.74. The summed E-state index contributed by atoms with van der Waals surface area (Å²) in [4.78, 5) is 12.2. The number of hydrogen-bond donors (Lipinski definition) is 1. The van der Waals surface area contributed by atoms with Crippen molar-refractivity contribution >= 4 is 62.6 Å². The Kier molecular flexibility index (Phi) is 7.27. The van der Waals surface area contributed by atoms with Gasteiger partial charge in [0.05, 0.1) is 23.2 Å². The SMILES string of the molecule is CS(=O)(=O)N(CC(=O)N/N=C\c1ccc(-c2ccc(Cl)cc2Cl)o1)c1ccc(Cl)cc1. The van der Waals surface area contributed by atoms with Gasteiger partial charge in [0.1, 0.15) is 18.1 Å². The summed E-state index contributed by atoms with van der Waals surface area (Å²) in [5.41, 5.74) is 3.24. The molecule has 0 aliphatic carbocycles. The van der Waals surface area contributed by atoms with E-state index in [-0.39, 0.29) is 0 Å². The van der Waals surface area contributed by atoms with Gasteiger partial charge in [0, 0.05) is 15.6 Å². The third-order valence-electron chi connectivity index (χ3n) is 4.01. The van der Waals surface area contributed by atoms with Crippen LogP contribution in [-0.4, -0.2) is 33.3 Å². The molecule has 0 atom stereocenters. The highest BCUT2D eigenvalue weighted by atomic mass is 35.5. The molecule has 1 amide bonds.